The molecule has 0 bridgehead atoms. The number of hydrogen-bond donors (Lipinski definition) is 2. The van der Waals surface area contributed by atoms with Crippen LogP contribution in [-0.4, -0.2) is 37.1 Å². The van der Waals surface area contributed by atoms with Crippen molar-refractivity contribution >= 4 is 6.03 Å². The molecule has 0 saturated carbocycles. The Balaban J connectivity index is 1.62. The summed E-state index contributed by atoms with van der Waals surface area (Å²) in [7, 11) is 0. The molecule has 30 heavy (non-hydrogen) atoms. The van der Waals surface area contributed by atoms with E-state index in [1.807, 2.05) is 13.8 Å². The first-order chi connectivity index (χ1) is 14.2. The fourth-order valence-electron chi connectivity index (χ4n) is 3.30. The van der Waals surface area contributed by atoms with Crippen LogP contribution in [0, 0.1) is 0 Å². The number of aromatic amines is 1. The van der Waals surface area contributed by atoms with Gasteiger partial charge in [0.25, 0.3) is 0 Å². The minimum absolute atomic E-state index is 0.0632. The van der Waals surface area contributed by atoms with Crippen LogP contribution in [0.2, 0.25) is 0 Å². The van der Waals surface area contributed by atoms with Crippen LogP contribution >= 0.6 is 0 Å². The molecular weight excluding hydrogens is 401 g/mol. The normalized spacial score (nSPS) is 16.6. The van der Waals surface area contributed by atoms with Crippen molar-refractivity contribution < 1.29 is 22.5 Å². The predicted octanol–water partition coefficient (Wildman–Crippen LogP) is 3.70. The second-order valence-corrected chi connectivity index (χ2v) is 7.31. The zero-order valence-electron chi connectivity index (χ0n) is 16.2. The highest BCUT2D eigenvalue weighted by atomic mass is 19.4. The fourth-order valence-corrected chi connectivity index (χ4v) is 3.30. The summed E-state index contributed by atoms with van der Waals surface area (Å²) < 4.78 is 43.7. The number of alkyl halides is 3. The highest BCUT2D eigenvalue weighted by molar-refractivity contribution is 5.75. The lowest BCUT2D eigenvalue weighted by Gasteiger charge is -2.33. The molecule has 1 atom stereocenters. The molecule has 11 heteroatoms. The van der Waals surface area contributed by atoms with E-state index in [-0.39, 0.29) is 30.3 Å². The number of halogens is 3. The second-order valence-electron chi connectivity index (χ2n) is 7.31. The summed E-state index contributed by atoms with van der Waals surface area (Å²) in [6.07, 6.45) is -2.49. The van der Waals surface area contributed by atoms with Gasteiger partial charge in [-0.05, 0) is 26.0 Å². The number of carbonyl (C=O) groups excluding carboxylic acids is 1. The third kappa shape index (κ3) is 3.87. The first-order valence-electron chi connectivity index (χ1n) is 9.32. The number of nitrogens with zero attached hydrogens (tertiary/aromatic N) is 4. The third-order valence-corrected chi connectivity index (χ3v) is 4.77. The number of H-pyrrole nitrogens is 1. The Labute approximate surface area is 169 Å². The van der Waals surface area contributed by atoms with Crippen LogP contribution in [0.1, 0.15) is 42.7 Å². The van der Waals surface area contributed by atoms with Gasteiger partial charge in [-0.1, -0.05) is 17.3 Å². The van der Waals surface area contributed by atoms with Gasteiger partial charge >= 0.3 is 12.2 Å². The van der Waals surface area contributed by atoms with Crippen molar-refractivity contribution in [2.45, 2.75) is 45.1 Å². The SMILES string of the molecule is CC(C)NC(=O)N1Cc2[nH]cnc2C[C@H]1c1nc(-c2ccc(C(F)(F)F)cc2)no1. The number of benzene rings is 1. The summed E-state index contributed by atoms with van der Waals surface area (Å²) in [5, 5.41) is 6.75. The zero-order chi connectivity index (χ0) is 21.5. The van der Waals surface area contributed by atoms with Crippen molar-refractivity contribution in [3.05, 3.63) is 53.4 Å². The minimum atomic E-state index is -4.42. The number of rotatable bonds is 3. The average molecular weight is 420 g/mol. The Morgan fingerprint density at radius 2 is 2.03 bits per heavy atom. The van der Waals surface area contributed by atoms with Gasteiger partial charge in [0.05, 0.1) is 29.8 Å². The largest absolute Gasteiger partial charge is 0.416 e. The quantitative estimate of drug-likeness (QED) is 0.673. The Kier molecular flexibility index (Phi) is 4.96. The van der Waals surface area contributed by atoms with Gasteiger partial charge in [-0.2, -0.15) is 18.2 Å². The molecule has 3 heterocycles. The molecular formula is C19H19F3N6O2. The lowest BCUT2D eigenvalue weighted by atomic mass is 10.0. The van der Waals surface area contributed by atoms with Gasteiger partial charge in [0.1, 0.15) is 6.04 Å². The van der Waals surface area contributed by atoms with Gasteiger partial charge in [-0.25, -0.2) is 9.78 Å². The van der Waals surface area contributed by atoms with Crippen LogP contribution in [0.5, 0.6) is 0 Å². The zero-order valence-corrected chi connectivity index (χ0v) is 16.2. The highest BCUT2D eigenvalue weighted by Gasteiger charge is 2.36. The van der Waals surface area contributed by atoms with E-state index in [2.05, 4.69) is 25.4 Å². The minimum Gasteiger partial charge on any atom is -0.347 e. The van der Waals surface area contributed by atoms with E-state index in [0.717, 1.165) is 23.5 Å². The van der Waals surface area contributed by atoms with Gasteiger partial charge < -0.3 is 19.7 Å². The maximum Gasteiger partial charge on any atom is 0.416 e. The van der Waals surface area contributed by atoms with Crippen LogP contribution in [0.4, 0.5) is 18.0 Å². The third-order valence-electron chi connectivity index (χ3n) is 4.77. The molecule has 0 fully saturated rings. The highest BCUT2D eigenvalue weighted by Crippen LogP contribution is 2.33. The van der Waals surface area contributed by atoms with Gasteiger partial charge in [0.2, 0.25) is 11.7 Å². The van der Waals surface area contributed by atoms with E-state index in [0.29, 0.717) is 12.0 Å². The molecule has 0 spiro atoms. The molecule has 2 aromatic heterocycles. The number of fused-ring (bicyclic) bond motifs is 1. The molecule has 0 radical (unpaired) electrons. The average Bonchev–Trinajstić information content (AvgIpc) is 3.35. The molecule has 4 rings (SSSR count). The molecule has 8 nitrogen and oxygen atoms in total. The fraction of sp³-hybridized carbons (Fsp3) is 0.368. The Morgan fingerprint density at radius 1 is 1.30 bits per heavy atom. The lowest BCUT2D eigenvalue weighted by molar-refractivity contribution is -0.137. The van der Waals surface area contributed by atoms with Crippen LogP contribution in [0.15, 0.2) is 35.1 Å². The number of imidazole rings is 1. The number of nitrogens with one attached hydrogen (secondary N) is 2. The first-order valence-corrected chi connectivity index (χ1v) is 9.32. The monoisotopic (exact) mass is 420 g/mol. The molecule has 0 aliphatic carbocycles. The Bertz CT molecular complexity index is 1040. The van der Waals surface area contributed by atoms with Crippen LogP contribution < -0.4 is 5.32 Å². The molecule has 1 aromatic carbocycles. The number of aromatic nitrogens is 4. The van der Waals surface area contributed by atoms with Crippen molar-refractivity contribution in [1.29, 1.82) is 0 Å². The summed E-state index contributed by atoms with van der Waals surface area (Å²) in [5.74, 6) is 0.341. The summed E-state index contributed by atoms with van der Waals surface area (Å²) in [6, 6.07) is 3.60. The molecule has 2 amide bonds. The molecule has 158 valence electrons. The number of carbonyl (C=O) groups is 1. The summed E-state index contributed by atoms with van der Waals surface area (Å²) >= 11 is 0. The van der Waals surface area contributed by atoms with Crippen LogP contribution in [-0.2, 0) is 19.1 Å². The summed E-state index contributed by atoms with van der Waals surface area (Å²) in [4.78, 5) is 25.9. The molecule has 1 aliphatic rings. The van der Waals surface area contributed by atoms with E-state index in [1.54, 1.807) is 11.2 Å². The van der Waals surface area contributed by atoms with Gasteiger partial charge in [0, 0.05) is 18.0 Å². The summed E-state index contributed by atoms with van der Waals surface area (Å²) in [5.41, 5.74) is 1.24. The molecule has 1 aliphatic heterocycles. The standard InChI is InChI=1S/C19H19F3N6O2/c1-10(2)25-18(29)28-8-14-13(23-9-24-14)7-15(28)17-26-16(27-30-17)11-3-5-12(6-4-11)19(20,21)22/h3-6,9-10,15H,7-8H2,1-2H3,(H,23,24)(H,25,29)/t15-/m0/s1. The molecule has 0 saturated heterocycles. The predicted molar refractivity (Wildman–Crippen MR) is 99.0 cm³/mol. The van der Waals surface area contributed by atoms with Crippen molar-refractivity contribution in [2.75, 3.05) is 0 Å². The van der Waals surface area contributed by atoms with E-state index in [1.165, 1.54) is 12.1 Å². The Morgan fingerprint density at radius 3 is 2.70 bits per heavy atom. The van der Waals surface area contributed by atoms with Crippen molar-refractivity contribution in [3.63, 3.8) is 0 Å². The topological polar surface area (TPSA) is 99.9 Å². The van der Waals surface area contributed by atoms with E-state index < -0.39 is 17.8 Å². The second kappa shape index (κ2) is 7.47. The maximum atomic E-state index is 12.8. The first kappa shape index (κ1) is 19.9. The van der Waals surface area contributed by atoms with Gasteiger partial charge in [-0.15, -0.1) is 0 Å². The molecule has 3 aromatic rings. The number of urea groups is 1. The molecule has 0 unspecified atom stereocenters. The lowest BCUT2D eigenvalue weighted by Crippen LogP contribution is -2.46. The molecule has 2 N–H and O–H groups in total. The van der Waals surface area contributed by atoms with E-state index in [4.69, 9.17) is 4.52 Å². The van der Waals surface area contributed by atoms with E-state index >= 15 is 0 Å². The van der Waals surface area contributed by atoms with Gasteiger partial charge in [0.15, 0.2) is 0 Å². The van der Waals surface area contributed by atoms with Crippen molar-refractivity contribution in [3.8, 4) is 11.4 Å². The Hall–Kier alpha value is -3.37. The van der Waals surface area contributed by atoms with Gasteiger partial charge in [-0.3, -0.25) is 0 Å². The maximum absolute atomic E-state index is 12.8. The van der Waals surface area contributed by atoms with Crippen molar-refractivity contribution in [1.82, 2.24) is 30.3 Å². The summed E-state index contributed by atoms with van der Waals surface area (Å²) in [6.45, 7) is 4.00. The smallest absolute Gasteiger partial charge is 0.347 e. The van der Waals surface area contributed by atoms with Crippen LogP contribution in [0.3, 0.4) is 0 Å². The van der Waals surface area contributed by atoms with Crippen molar-refractivity contribution in [2.24, 2.45) is 0 Å². The number of hydrogen-bond acceptors (Lipinski definition) is 5. The number of amides is 2. The van der Waals surface area contributed by atoms with E-state index in [9.17, 15) is 18.0 Å². The van der Waals surface area contributed by atoms with Crippen LogP contribution in [0.25, 0.3) is 11.4 Å².